The molecule has 0 spiro atoms. The molecule has 2 N–H and O–H groups in total. The topological polar surface area (TPSA) is 63.4 Å². The summed E-state index contributed by atoms with van der Waals surface area (Å²) in [7, 11) is 0. The van der Waals surface area contributed by atoms with Gasteiger partial charge in [0.1, 0.15) is 0 Å². The molecule has 0 bridgehead atoms. The van der Waals surface area contributed by atoms with E-state index in [9.17, 15) is 9.59 Å². The fraction of sp³-hybridized carbons (Fsp3) is 0.200. The van der Waals surface area contributed by atoms with Crippen LogP contribution < -0.4 is 5.73 Å². The molecule has 2 amide bonds. The van der Waals surface area contributed by atoms with Crippen LogP contribution in [0.3, 0.4) is 0 Å². The van der Waals surface area contributed by atoms with Gasteiger partial charge in [0, 0.05) is 23.0 Å². The van der Waals surface area contributed by atoms with E-state index in [-0.39, 0.29) is 17.9 Å². The molecule has 0 fully saturated rings. The van der Waals surface area contributed by atoms with E-state index in [4.69, 9.17) is 5.73 Å². The first kappa shape index (κ1) is 12.9. The van der Waals surface area contributed by atoms with Crippen molar-refractivity contribution in [1.29, 1.82) is 0 Å². The molecule has 2 heterocycles. The molecule has 0 aliphatic carbocycles. The van der Waals surface area contributed by atoms with E-state index < -0.39 is 0 Å². The molecule has 1 aromatic carbocycles. The van der Waals surface area contributed by atoms with E-state index in [2.05, 4.69) is 0 Å². The van der Waals surface area contributed by atoms with Crippen LogP contribution in [0.5, 0.6) is 0 Å². The second-order valence-corrected chi connectivity index (χ2v) is 5.91. The SMILES string of the molecule is CC(Cc1cccs1)N1C(=O)c2cccc(N)c2C1=O. The van der Waals surface area contributed by atoms with Crippen molar-refractivity contribution < 1.29 is 9.59 Å². The number of hydrogen-bond acceptors (Lipinski definition) is 4. The Hall–Kier alpha value is -2.14. The third-order valence-corrected chi connectivity index (χ3v) is 4.39. The van der Waals surface area contributed by atoms with Crippen molar-refractivity contribution >= 4 is 28.8 Å². The number of nitrogens with zero attached hydrogens (tertiary/aromatic N) is 1. The third kappa shape index (κ3) is 1.91. The highest BCUT2D eigenvalue weighted by Crippen LogP contribution is 2.30. The number of imide groups is 1. The summed E-state index contributed by atoms with van der Waals surface area (Å²) in [6, 6.07) is 8.80. The molecule has 0 saturated carbocycles. The Bertz CT molecular complexity index is 679. The lowest BCUT2D eigenvalue weighted by Crippen LogP contribution is -2.39. The Morgan fingerprint density at radius 3 is 2.65 bits per heavy atom. The van der Waals surface area contributed by atoms with Gasteiger partial charge in [-0.25, -0.2) is 0 Å². The number of carbonyl (C=O) groups excluding carboxylic acids is 2. The zero-order chi connectivity index (χ0) is 14.3. The quantitative estimate of drug-likeness (QED) is 0.696. The summed E-state index contributed by atoms with van der Waals surface area (Å²) in [6.07, 6.45) is 0.670. The summed E-state index contributed by atoms with van der Waals surface area (Å²) in [6.45, 7) is 1.89. The summed E-state index contributed by atoms with van der Waals surface area (Å²) in [5.74, 6) is -0.534. The molecule has 1 unspecified atom stereocenters. The van der Waals surface area contributed by atoms with E-state index in [1.165, 1.54) is 4.90 Å². The number of hydrogen-bond donors (Lipinski definition) is 1. The molecule has 20 heavy (non-hydrogen) atoms. The molecule has 1 aromatic heterocycles. The molecule has 1 atom stereocenters. The van der Waals surface area contributed by atoms with Crippen LogP contribution in [0.4, 0.5) is 5.69 Å². The first-order valence-corrected chi connectivity index (χ1v) is 7.26. The maximum atomic E-state index is 12.4. The number of fused-ring (bicyclic) bond motifs is 1. The molecule has 0 radical (unpaired) electrons. The van der Waals surface area contributed by atoms with Crippen molar-refractivity contribution in [3.63, 3.8) is 0 Å². The number of nitrogen functional groups attached to an aromatic ring is 1. The lowest BCUT2D eigenvalue weighted by molar-refractivity contribution is 0.0597. The Morgan fingerprint density at radius 2 is 2.00 bits per heavy atom. The largest absolute Gasteiger partial charge is 0.398 e. The minimum absolute atomic E-state index is 0.180. The first-order chi connectivity index (χ1) is 9.59. The Labute approximate surface area is 120 Å². The van der Waals surface area contributed by atoms with Gasteiger partial charge in [0.25, 0.3) is 11.8 Å². The zero-order valence-electron chi connectivity index (χ0n) is 11.0. The van der Waals surface area contributed by atoms with Crippen LogP contribution in [0.1, 0.15) is 32.5 Å². The molecule has 1 aliphatic heterocycles. The molecule has 4 nitrogen and oxygen atoms in total. The smallest absolute Gasteiger partial charge is 0.263 e. The van der Waals surface area contributed by atoms with Gasteiger partial charge in [-0.2, -0.15) is 0 Å². The highest BCUT2D eigenvalue weighted by atomic mass is 32.1. The third-order valence-electron chi connectivity index (χ3n) is 3.50. The predicted octanol–water partition coefficient (Wildman–Crippen LogP) is 2.56. The van der Waals surface area contributed by atoms with Crippen LogP contribution in [-0.4, -0.2) is 22.8 Å². The zero-order valence-corrected chi connectivity index (χ0v) is 11.8. The Balaban J connectivity index is 1.91. The van der Waals surface area contributed by atoms with Crippen molar-refractivity contribution in [1.82, 2.24) is 4.90 Å². The lowest BCUT2D eigenvalue weighted by atomic mass is 10.1. The normalized spacial score (nSPS) is 15.6. The molecule has 0 saturated heterocycles. The van der Waals surface area contributed by atoms with Crippen LogP contribution in [0.25, 0.3) is 0 Å². The van der Waals surface area contributed by atoms with Crippen LogP contribution in [0.15, 0.2) is 35.7 Å². The monoisotopic (exact) mass is 286 g/mol. The Morgan fingerprint density at radius 1 is 1.20 bits per heavy atom. The predicted molar refractivity (Wildman–Crippen MR) is 78.8 cm³/mol. The summed E-state index contributed by atoms with van der Waals surface area (Å²) >= 11 is 1.63. The van der Waals surface area contributed by atoms with Crippen molar-refractivity contribution in [3.8, 4) is 0 Å². The number of rotatable bonds is 3. The average molecular weight is 286 g/mol. The second kappa shape index (κ2) is 4.76. The lowest BCUT2D eigenvalue weighted by Gasteiger charge is -2.21. The number of benzene rings is 1. The van der Waals surface area contributed by atoms with Crippen LogP contribution in [0, 0.1) is 0 Å². The summed E-state index contributed by atoms with van der Waals surface area (Å²) < 4.78 is 0. The van der Waals surface area contributed by atoms with Crippen LogP contribution in [0.2, 0.25) is 0 Å². The summed E-state index contributed by atoms with van der Waals surface area (Å²) in [5, 5.41) is 1.99. The van der Waals surface area contributed by atoms with E-state index in [0.29, 0.717) is 23.2 Å². The van der Waals surface area contributed by atoms with E-state index in [1.54, 1.807) is 29.5 Å². The fourth-order valence-electron chi connectivity index (χ4n) is 2.54. The van der Waals surface area contributed by atoms with Gasteiger partial charge < -0.3 is 5.73 Å². The maximum absolute atomic E-state index is 12.4. The van der Waals surface area contributed by atoms with Crippen LogP contribution in [-0.2, 0) is 6.42 Å². The van der Waals surface area contributed by atoms with Gasteiger partial charge >= 0.3 is 0 Å². The standard InChI is InChI=1S/C15H14N2O2S/c1-9(8-10-4-3-7-20-10)17-14(18)11-5-2-6-12(16)13(11)15(17)19/h2-7,9H,8,16H2,1H3. The maximum Gasteiger partial charge on any atom is 0.263 e. The fourth-order valence-corrected chi connectivity index (χ4v) is 3.37. The van der Waals surface area contributed by atoms with Gasteiger partial charge in [-0.1, -0.05) is 12.1 Å². The molecule has 2 aromatic rings. The average Bonchev–Trinajstić information content (AvgIpc) is 2.98. The molecule has 5 heteroatoms. The second-order valence-electron chi connectivity index (χ2n) is 4.88. The van der Waals surface area contributed by atoms with Gasteiger partial charge in [-0.3, -0.25) is 14.5 Å². The minimum Gasteiger partial charge on any atom is -0.398 e. The van der Waals surface area contributed by atoms with E-state index >= 15 is 0 Å². The van der Waals surface area contributed by atoms with Gasteiger partial charge in [-0.15, -0.1) is 11.3 Å². The van der Waals surface area contributed by atoms with E-state index in [1.807, 2.05) is 24.4 Å². The Kier molecular flexibility index (Phi) is 3.06. The molecular weight excluding hydrogens is 272 g/mol. The molecule has 1 aliphatic rings. The van der Waals surface area contributed by atoms with Crippen molar-refractivity contribution in [2.45, 2.75) is 19.4 Å². The summed E-state index contributed by atoms with van der Waals surface area (Å²) in [4.78, 5) is 27.3. The van der Waals surface area contributed by atoms with Crippen LogP contribution >= 0.6 is 11.3 Å². The highest BCUT2D eigenvalue weighted by molar-refractivity contribution is 7.09. The van der Waals surface area contributed by atoms with Crippen molar-refractivity contribution in [3.05, 3.63) is 51.7 Å². The molecule has 102 valence electrons. The van der Waals surface area contributed by atoms with Gasteiger partial charge in [0.2, 0.25) is 0 Å². The van der Waals surface area contributed by atoms with E-state index in [0.717, 1.165) is 4.88 Å². The van der Waals surface area contributed by atoms with Crippen molar-refractivity contribution in [2.75, 3.05) is 5.73 Å². The van der Waals surface area contributed by atoms with Gasteiger partial charge in [0.05, 0.1) is 11.1 Å². The number of nitrogens with two attached hydrogens (primary N) is 1. The molecular formula is C15H14N2O2S. The molecule has 3 rings (SSSR count). The number of anilines is 1. The first-order valence-electron chi connectivity index (χ1n) is 6.38. The van der Waals surface area contributed by atoms with Gasteiger partial charge in [-0.05, 0) is 30.5 Å². The number of amides is 2. The minimum atomic E-state index is -0.285. The number of carbonyl (C=O) groups is 2. The van der Waals surface area contributed by atoms with Crippen molar-refractivity contribution in [2.24, 2.45) is 0 Å². The van der Waals surface area contributed by atoms with Gasteiger partial charge in [0.15, 0.2) is 0 Å². The number of thiophene rings is 1. The highest BCUT2D eigenvalue weighted by Gasteiger charge is 2.39. The summed E-state index contributed by atoms with van der Waals surface area (Å²) in [5.41, 5.74) is 6.95.